The van der Waals surface area contributed by atoms with Crippen LogP contribution < -0.4 is 0 Å². The van der Waals surface area contributed by atoms with Crippen LogP contribution in [-0.2, 0) is 15.3 Å². The zero-order valence-electron chi connectivity index (χ0n) is 10.0. The fraction of sp³-hybridized carbons (Fsp3) is 0.455. The van der Waals surface area contributed by atoms with Crippen LogP contribution in [0.15, 0.2) is 12.1 Å². The number of rotatable bonds is 5. The number of hydrogen-bond acceptors (Lipinski definition) is 2. The topological polar surface area (TPSA) is 18.5 Å². The van der Waals surface area contributed by atoms with E-state index < -0.39 is 26.0 Å². The SMILES string of the molecule is CO[Si](C)(CCc1c(F)cc(F)cc1F)OC. The molecule has 0 fully saturated rings. The summed E-state index contributed by atoms with van der Waals surface area (Å²) in [5.41, 5.74) is -0.126. The summed E-state index contributed by atoms with van der Waals surface area (Å²) >= 11 is 0. The van der Waals surface area contributed by atoms with E-state index in [-0.39, 0.29) is 12.0 Å². The molecule has 1 aromatic rings. The van der Waals surface area contributed by atoms with E-state index >= 15 is 0 Å². The fourth-order valence-electron chi connectivity index (χ4n) is 1.45. The molecule has 17 heavy (non-hydrogen) atoms. The van der Waals surface area contributed by atoms with Gasteiger partial charge in [-0.15, -0.1) is 0 Å². The molecule has 0 aromatic heterocycles. The van der Waals surface area contributed by atoms with Crippen molar-refractivity contribution in [2.45, 2.75) is 19.0 Å². The molecule has 2 nitrogen and oxygen atoms in total. The first-order valence-corrected chi connectivity index (χ1v) is 7.68. The van der Waals surface area contributed by atoms with E-state index in [4.69, 9.17) is 8.85 Å². The van der Waals surface area contributed by atoms with E-state index in [0.717, 1.165) is 0 Å². The highest BCUT2D eigenvalue weighted by molar-refractivity contribution is 6.65. The molecule has 1 rings (SSSR count). The number of halogens is 3. The van der Waals surface area contributed by atoms with Crippen LogP contribution in [0.25, 0.3) is 0 Å². The summed E-state index contributed by atoms with van der Waals surface area (Å²) in [6.45, 7) is 1.80. The van der Waals surface area contributed by atoms with Crippen molar-refractivity contribution in [1.82, 2.24) is 0 Å². The standard InChI is InChI=1S/C11H15F3O2Si/c1-15-17(3,16-2)5-4-9-10(13)6-8(12)7-11(9)14/h6-7H,4-5H2,1-3H3. The zero-order chi connectivity index (χ0) is 13.1. The summed E-state index contributed by atoms with van der Waals surface area (Å²) in [6.07, 6.45) is 0.127. The van der Waals surface area contributed by atoms with Gasteiger partial charge in [-0.3, -0.25) is 0 Å². The molecule has 0 aliphatic rings. The van der Waals surface area contributed by atoms with Crippen molar-refractivity contribution in [3.8, 4) is 0 Å². The molecule has 0 unspecified atom stereocenters. The first kappa shape index (κ1) is 14.2. The second kappa shape index (κ2) is 5.66. The van der Waals surface area contributed by atoms with Crippen molar-refractivity contribution >= 4 is 8.56 Å². The molecule has 0 aliphatic carbocycles. The van der Waals surface area contributed by atoms with Crippen LogP contribution in [0.1, 0.15) is 5.56 Å². The first-order valence-electron chi connectivity index (χ1n) is 5.15. The van der Waals surface area contributed by atoms with Gasteiger partial charge in [-0.2, -0.15) is 0 Å². The molecular formula is C11H15F3O2Si. The Labute approximate surface area is 99.6 Å². The van der Waals surface area contributed by atoms with Crippen molar-refractivity contribution in [1.29, 1.82) is 0 Å². The Balaban J connectivity index is 2.83. The molecule has 0 spiro atoms. The second-order valence-corrected chi connectivity index (χ2v) is 7.47. The van der Waals surface area contributed by atoms with Crippen LogP contribution in [0, 0.1) is 17.5 Å². The van der Waals surface area contributed by atoms with Gasteiger partial charge in [0.15, 0.2) is 0 Å². The van der Waals surface area contributed by atoms with Gasteiger partial charge in [-0.1, -0.05) is 0 Å². The van der Waals surface area contributed by atoms with Gasteiger partial charge >= 0.3 is 8.56 Å². The molecule has 0 saturated heterocycles. The lowest BCUT2D eigenvalue weighted by Crippen LogP contribution is -2.36. The molecule has 96 valence electrons. The highest BCUT2D eigenvalue weighted by Crippen LogP contribution is 2.21. The maximum atomic E-state index is 13.3. The lowest BCUT2D eigenvalue weighted by Gasteiger charge is -2.22. The van der Waals surface area contributed by atoms with Crippen molar-refractivity contribution in [3.63, 3.8) is 0 Å². The zero-order valence-corrected chi connectivity index (χ0v) is 11.0. The minimum absolute atomic E-state index is 0.126. The summed E-state index contributed by atoms with van der Waals surface area (Å²) in [5.74, 6) is -2.65. The quantitative estimate of drug-likeness (QED) is 0.761. The second-order valence-electron chi connectivity index (χ2n) is 3.89. The van der Waals surface area contributed by atoms with Crippen LogP contribution in [0.5, 0.6) is 0 Å². The molecule has 0 aliphatic heterocycles. The highest BCUT2D eigenvalue weighted by Gasteiger charge is 2.29. The lowest BCUT2D eigenvalue weighted by molar-refractivity contribution is 0.249. The maximum Gasteiger partial charge on any atom is 0.334 e. The Bertz CT molecular complexity index is 371. The molecule has 0 saturated carbocycles. The molecule has 0 radical (unpaired) electrons. The largest absolute Gasteiger partial charge is 0.398 e. The van der Waals surface area contributed by atoms with E-state index in [1.165, 1.54) is 14.2 Å². The van der Waals surface area contributed by atoms with Crippen molar-refractivity contribution in [2.75, 3.05) is 14.2 Å². The average molecular weight is 264 g/mol. The summed E-state index contributed by atoms with van der Waals surface area (Å²) in [4.78, 5) is 0. The third-order valence-corrected chi connectivity index (χ3v) is 5.68. The monoisotopic (exact) mass is 264 g/mol. The maximum absolute atomic E-state index is 13.3. The highest BCUT2D eigenvalue weighted by atomic mass is 28.4. The predicted molar refractivity (Wildman–Crippen MR) is 60.5 cm³/mol. The van der Waals surface area contributed by atoms with Crippen molar-refractivity contribution < 1.29 is 22.0 Å². The lowest BCUT2D eigenvalue weighted by atomic mass is 10.1. The summed E-state index contributed by atoms with van der Waals surface area (Å²) < 4.78 is 49.8. The van der Waals surface area contributed by atoms with Gasteiger partial charge in [0.25, 0.3) is 0 Å². The Hall–Kier alpha value is -0.853. The van der Waals surface area contributed by atoms with Crippen LogP contribution in [0.4, 0.5) is 13.2 Å². The third-order valence-electron chi connectivity index (χ3n) is 2.80. The van der Waals surface area contributed by atoms with E-state index in [0.29, 0.717) is 18.2 Å². The molecule has 0 amide bonds. The van der Waals surface area contributed by atoms with E-state index in [1.54, 1.807) is 6.55 Å². The molecule has 1 aromatic carbocycles. The van der Waals surface area contributed by atoms with E-state index in [1.807, 2.05) is 0 Å². The predicted octanol–water partition coefficient (Wildman–Crippen LogP) is 3.01. The number of benzene rings is 1. The van der Waals surface area contributed by atoms with Gasteiger partial charge in [0.05, 0.1) is 0 Å². The number of hydrogen-bond donors (Lipinski definition) is 0. The molecule has 0 atom stereocenters. The van der Waals surface area contributed by atoms with Gasteiger partial charge in [-0.25, -0.2) is 13.2 Å². The summed E-state index contributed by atoms with van der Waals surface area (Å²) in [5, 5.41) is 0. The third kappa shape index (κ3) is 3.55. The Morgan fingerprint density at radius 1 is 1.06 bits per heavy atom. The van der Waals surface area contributed by atoms with Crippen LogP contribution in [0.3, 0.4) is 0 Å². The molecule has 0 N–H and O–H groups in total. The molecular weight excluding hydrogens is 249 g/mol. The molecule has 0 heterocycles. The Morgan fingerprint density at radius 3 is 1.94 bits per heavy atom. The van der Waals surface area contributed by atoms with Crippen LogP contribution >= 0.6 is 0 Å². The minimum atomic E-state index is -2.37. The average Bonchev–Trinajstić information content (AvgIpc) is 2.27. The van der Waals surface area contributed by atoms with E-state index in [2.05, 4.69) is 0 Å². The summed E-state index contributed by atoms with van der Waals surface area (Å²) in [6, 6.07) is 1.76. The Morgan fingerprint density at radius 2 is 1.53 bits per heavy atom. The molecule has 6 heteroatoms. The fourth-order valence-corrected chi connectivity index (χ4v) is 2.73. The first-order chi connectivity index (χ1) is 7.91. The van der Waals surface area contributed by atoms with Crippen LogP contribution in [0.2, 0.25) is 12.6 Å². The van der Waals surface area contributed by atoms with Crippen molar-refractivity contribution in [3.05, 3.63) is 35.1 Å². The minimum Gasteiger partial charge on any atom is -0.398 e. The smallest absolute Gasteiger partial charge is 0.334 e. The van der Waals surface area contributed by atoms with Gasteiger partial charge in [0, 0.05) is 31.9 Å². The van der Waals surface area contributed by atoms with Gasteiger partial charge < -0.3 is 8.85 Å². The van der Waals surface area contributed by atoms with Crippen LogP contribution in [-0.4, -0.2) is 22.8 Å². The summed E-state index contributed by atoms with van der Waals surface area (Å²) in [7, 11) is 0.647. The molecule has 0 bridgehead atoms. The normalized spacial score (nSPS) is 11.9. The van der Waals surface area contributed by atoms with E-state index in [9.17, 15) is 13.2 Å². The Kier molecular flexibility index (Phi) is 4.73. The van der Waals surface area contributed by atoms with Gasteiger partial charge in [0.1, 0.15) is 17.5 Å². The van der Waals surface area contributed by atoms with Gasteiger partial charge in [-0.05, 0) is 19.0 Å². The van der Waals surface area contributed by atoms with Crippen molar-refractivity contribution in [2.24, 2.45) is 0 Å². The van der Waals surface area contributed by atoms with Gasteiger partial charge in [0.2, 0.25) is 0 Å².